The summed E-state index contributed by atoms with van der Waals surface area (Å²) in [7, 11) is -3.73. The zero-order valence-electron chi connectivity index (χ0n) is 8.42. The number of aliphatic carboxylic acids is 1. The summed E-state index contributed by atoms with van der Waals surface area (Å²) in [5, 5.41) is 8.56. The van der Waals surface area contributed by atoms with E-state index in [1.165, 1.54) is 12.1 Å². The van der Waals surface area contributed by atoms with Crippen molar-refractivity contribution in [3.8, 4) is 0 Å². The largest absolute Gasteiger partial charge is 1.00 e. The van der Waals surface area contributed by atoms with Gasteiger partial charge in [-0.3, -0.25) is 4.79 Å². The third kappa shape index (κ3) is 5.40. The number of hydrogen-bond donors (Lipinski definition) is 1. The maximum Gasteiger partial charge on any atom is 1.00 e. The number of hydrogen-bond acceptors (Lipinski definition) is 3. The van der Waals surface area contributed by atoms with Crippen molar-refractivity contribution in [2.75, 3.05) is 6.16 Å². The van der Waals surface area contributed by atoms with Crippen molar-refractivity contribution in [3.05, 3.63) is 30.3 Å². The molecule has 0 amide bonds. The molecule has 0 aliphatic carbocycles. The Hall–Kier alpha value is 0.516. The molecule has 1 N–H and O–H groups in total. The zero-order chi connectivity index (χ0) is 10.6. The molecule has 0 saturated carbocycles. The van der Waals surface area contributed by atoms with Crippen molar-refractivity contribution in [2.45, 2.75) is 6.42 Å². The monoisotopic (exact) mass is 252 g/mol. The molecule has 0 aromatic heterocycles. The van der Waals surface area contributed by atoms with E-state index in [4.69, 9.17) is 5.11 Å². The number of carboxylic acid groups (broad SMARTS) is 1. The van der Waals surface area contributed by atoms with E-state index in [1.807, 2.05) is 0 Å². The van der Waals surface area contributed by atoms with Gasteiger partial charge < -0.3 is 14.6 Å². The Labute approximate surface area is 131 Å². The maximum atomic E-state index is 11.5. The van der Waals surface area contributed by atoms with Gasteiger partial charge >= 0.3 is 57.4 Å². The summed E-state index contributed by atoms with van der Waals surface area (Å²) in [6, 6.07) is 7.87. The topological polar surface area (TPSA) is 77.4 Å². The Morgan fingerprint density at radius 3 is 2.33 bits per heavy atom. The predicted molar refractivity (Wildman–Crippen MR) is 50.8 cm³/mol. The fourth-order valence-corrected chi connectivity index (χ4v) is 2.40. The van der Waals surface area contributed by atoms with Crippen molar-refractivity contribution in [1.82, 2.24) is 0 Å². The minimum absolute atomic E-state index is 0. The Balaban J connectivity index is 0.00000196. The molecule has 0 aliphatic heterocycles. The number of benzene rings is 1. The second-order valence-corrected chi connectivity index (χ2v) is 5.19. The summed E-state index contributed by atoms with van der Waals surface area (Å²) in [5.41, 5.74) is 0. The Kier molecular flexibility index (Phi) is 7.20. The van der Waals surface area contributed by atoms with E-state index >= 15 is 0 Å². The van der Waals surface area contributed by atoms with E-state index in [1.54, 1.807) is 18.2 Å². The van der Waals surface area contributed by atoms with Crippen LogP contribution < -0.4 is 61.6 Å². The van der Waals surface area contributed by atoms with Gasteiger partial charge in [-0.15, -0.1) is 0 Å². The van der Waals surface area contributed by atoms with Gasteiger partial charge in [0, 0.05) is 13.5 Å². The standard InChI is InChI=1S/C9H11O4P.K/c10-9(11)6-7-14(12,13)8-4-2-1-3-5-8;/h1-5H,6-7H2,(H,10,11)(H,12,13);/q;+1/p-1. The normalized spacial score (nSPS) is 13.7. The molecule has 4 nitrogen and oxygen atoms in total. The second kappa shape index (κ2) is 6.96. The van der Waals surface area contributed by atoms with Crippen LogP contribution >= 0.6 is 7.37 Å². The van der Waals surface area contributed by atoms with Crippen molar-refractivity contribution >= 4 is 18.6 Å². The second-order valence-electron chi connectivity index (χ2n) is 2.88. The molecule has 6 heteroatoms. The number of rotatable bonds is 4. The van der Waals surface area contributed by atoms with Gasteiger partial charge in [-0.2, -0.15) is 0 Å². The smallest absolute Gasteiger partial charge is 0.796 e. The molecule has 0 heterocycles. The first-order chi connectivity index (χ1) is 6.52. The van der Waals surface area contributed by atoms with Gasteiger partial charge in [-0.1, -0.05) is 30.3 Å². The van der Waals surface area contributed by atoms with Crippen LogP contribution in [-0.4, -0.2) is 17.2 Å². The Bertz CT molecular complexity index is 366. The molecule has 1 aromatic carbocycles. The van der Waals surface area contributed by atoms with Crippen molar-refractivity contribution < 1.29 is 70.7 Å². The van der Waals surface area contributed by atoms with E-state index in [0.29, 0.717) is 0 Å². The van der Waals surface area contributed by atoms with Crippen molar-refractivity contribution in [2.24, 2.45) is 0 Å². The van der Waals surface area contributed by atoms with Gasteiger partial charge in [-0.25, -0.2) is 0 Å². The Morgan fingerprint density at radius 1 is 1.33 bits per heavy atom. The van der Waals surface area contributed by atoms with Crippen LogP contribution in [0.3, 0.4) is 0 Å². The molecule has 1 aromatic rings. The van der Waals surface area contributed by atoms with Gasteiger partial charge in [0.1, 0.15) is 0 Å². The first-order valence-corrected chi connectivity index (χ1v) is 5.91. The zero-order valence-corrected chi connectivity index (χ0v) is 12.4. The van der Waals surface area contributed by atoms with Crippen LogP contribution in [0.25, 0.3) is 0 Å². The van der Waals surface area contributed by atoms with E-state index < -0.39 is 13.3 Å². The first-order valence-electron chi connectivity index (χ1n) is 4.10. The first kappa shape index (κ1) is 15.5. The quantitative estimate of drug-likeness (QED) is 0.472. The van der Waals surface area contributed by atoms with Crippen LogP contribution in [0.5, 0.6) is 0 Å². The average Bonchev–Trinajstić information content (AvgIpc) is 2.16. The van der Waals surface area contributed by atoms with Crippen molar-refractivity contribution in [3.63, 3.8) is 0 Å². The van der Waals surface area contributed by atoms with E-state index in [0.717, 1.165) is 0 Å². The van der Waals surface area contributed by atoms with Gasteiger partial charge in [0.2, 0.25) is 0 Å². The number of carbonyl (C=O) groups is 1. The van der Waals surface area contributed by atoms with Gasteiger partial charge in [-0.05, 0) is 5.30 Å². The minimum Gasteiger partial charge on any atom is -0.796 e. The molecule has 15 heavy (non-hydrogen) atoms. The summed E-state index contributed by atoms with van der Waals surface area (Å²) in [6.07, 6.45) is -0.679. The van der Waals surface area contributed by atoms with E-state index in [2.05, 4.69) is 0 Å². The van der Waals surface area contributed by atoms with Crippen LogP contribution in [0, 0.1) is 0 Å². The average molecular weight is 252 g/mol. The predicted octanol–water partition coefficient (Wildman–Crippen LogP) is -2.57. The third-order valence-electron chi connectivity index (χ3n) is 1.77. The van der Waals surface area contributed by atoms with Crippen LogP contribution in [0.15, 0.2) is 30.3 Å². The maximum absolute atomic E-state index is 11.5. The summed E-state index contributed by atoms with van der Waals surface area (Å²) in [5.74, 6) is -1.10. The van der Waals surface area contributed by atoms with Gasteiger partial charge in [0.15, 0.2) is 0 Å². The van der Waals surface area contributed by atoms with Crippen LogP contribution in [0.2, 0.25) is 0 Å². The molecule has 1 rings (SSSR count). The van der Waals surface area contributed by atoms with Crippen LogP contribution in [0.4, 0.5) is 0 Å². The molecule has 0 bridgehead atoms. The van der Waals surface area contributed by atoms with E-state index in [9.17, 15) is 14.3 Å². The fraction of sp³-hybridized carbons (Fsp3) is 0.222. The molecule has 0 radical (unpaired) electrons. The van der Waals surface area contributed by atoms with Crippen LogP contribution in [-0.2, 0) is 9.36 Å². The molecule has 76 valence electrons. The van der Waals surface area contributed by atoms with E-state index in [-0.39, 0.29) is 69.3 Å². The van der Waals surface area contributed by atoms with Crippen LogP contribution in [0.1, 0.15) is 6.42 Å². The Morgan fingerprint density at radius 2 is 1.87 bits per heavy atom. The third-order valence-corrected chi connectivity index (χ3v) is 3.67. The summed E-state index contributed by atoms with van der Waals surface area (Å²) in [6.45, 7) is 0. The molecule has 1 unspecified atom stereocenters. The molecular formula is C9H10KO4P. The molecule has 0 fully saturated rings. The van der Waals surface area contributed by atoms with Gasteiger partial charge in [0.25, 0.3) is 0 Å². The summed E-state index contributed by atoms with van der Waals surface area (Å²) in [4.78, 5) is 21.7. The molecule has 0 saturated heterocycles. The molecule has 0 spiro atoms. The van der Waals surface area contributed by atoms with Crippen molar-refractivity contribution in [1.29, 1.82) is 0 Å². The number of carboxylic acids is 1. The molecular weight excluding hydrogens is 242 g/mol. The fourth-order valence-electron chi connectivity index (χ4n) is 1.03. The molecule has 0 aliphatic rings. The molecule has 1 atom stereocenters. The SMILES string of the molecule is O=C(O)CCP(=O)([O-])c1ccccc1.[K+]. The minimum atomic E-state index is -3.73. The van der Waals surface area contributed by atoms with Gasteiger partial charge in [0.05, 0.1) is 6.42 Å². The summed E-state index contributed by atoms with van der Waals surface area (Å²) >= 11 is 0. The summed E-state index contributed by atoms with van der Waals surface area (Å²) < 4.78 is 11.5.